The molecule has 0 radical (unpaired) electrons. The number of aliphatic hydroxyl groups excluding tert-OH is 3. The van der Waals surface area contributed by atoms with Crippen LogP contribution in [0.5, 0.6) is 0 Å². The molecule has 0 saturated carbocycles. The summed E-state index contributed by atoms with van der Waals surface area (Å²) >= 11 is 0. The number of nitrogens with one attached hydrogen (secondary N) is 2. The van der Waals surface area contributed by atoms with E-state index in [9.17, 15) is 24.3 Å². The van der Waals surface area contributed by atoms with Crippen molar-refractivity contribution in [2.75, 3.05) is 19.8 Å². The summed E-state index contributed by atoms with van der Waals surface area (Å²) in [6.07, 6.45) is -0.473. The summed E-state index contributed by atoms with van der Waals surface area (Å²) in [5.41, 5.74) is 5.12. The Morgan fingerprint density at radius 2 is 1.54 bits per heavy atom. The van der Waals surface area contributed by atoms with E-state index in [4.69, 9.17) is 15.9 Å². The van der Waals surface area contributed by atoms with Crippen molar-refractivity contribution < 1.29 is 34.5 Å². The van der Waals surface area contributed by atoms with E-state index in [2.05, 4.69) is 17.2 Å². The summed E-state index contributed by atoms with van der Waals surface area (Å²) in [5, 5.41) is 31.7. The molecule has 24 heavy (non-hydrogen) atoms. The highest BCUT2D eigenvalue weighted by Crippen LogP contribution is 2.05. The molecule has 0 fully saturated rings. The van der Waals surface area contributed by atoms with Gasteiger partial charge in [0.25, 0.3) is 0 Å². The maximum atomic E-state index is 12.0. The lowest BCUT2D eigenvalue weighted by Gasteiger charge is -2.21. The zero-order valence-electron chi connectivity index (χ0n) is 13.3. The molecule has 3 unspecified atom stereocenters. The van der Waals surface area contributed by atoms with Crippen LogP contribution in [0.3, 0.4) is 0 Å². The molecular formula is C14H23N3O7. The molecule has 10 nitrogen and oxygen atoms in total. The molecule has 0 rings (SSSR count). The van der Waals surface area contributed by atoms with Crippen molar-refractivity contribution >= 4 is 23.5 Å². The van der Waals surface area contributed by atoms with Gasteiger partial charge < -0.3 is 31.7 Å². The minimum absolute atomic E-state index is 0.114. The Kier molecular flexibility index (Phi) is 9.47. The lowest BCUT2D eigenvalue weighted by atomic mass is 9.98. The molecule has 0 saturated heterocycles. The van der Waals surface area contributed by atoms with E-state index in [0.29, 0.717) is 0 Å². The molecule has 0 aromatic rings. The molecule has 0 bridgehead atoms. The van der Waals surface area contributed by atoms with E-state index >= 15 is 0 Å². The summed E-state index contributed by atoms with van der Waals surface area (Å²) in [6, 6.07) is -2.72. The van der Waals surface area contributed by atoms with Gasteiger partial charge in [-0.1, -0.05) is 6.58 Å². The van der Waals surface area contributed by atoms with E-state index in [0.717, 1.165) is 0 Å². The van der Waals surface area contributed by atoms with Crippen molar-refractivity contribution in [3.63, 3.8) is 0 Å². The van der Waals surface area contributed by atoms with Gasteiger partial charge in [0.1, 0.15) is 12.1 Å². The lowest BCUT2D eigenvalue weighted by molar-refractivity contribution is -0.134. The molecular weight excluding hydrogens is 322 g/mol. The predicted octanol–water partition coefficient (Wildman–Crippen LogP) is -3.43. The fraction of sp³-hybridized carbons (Fsp3) is 0.571. The maximum Gasteiger partial charge on any atom is 0.247 e. The Morgan fingerprint density at radius 3 is 1.92 bits per heavy atom. The Labute approximate surface area is 138 Å². The van der Waals surface area contributed by atoms with Crippen LogP contribution in [0.4, 0.5) is 0 Å². The first-order valence-corrected chi connectivity index (χ1v) is 7.09. The minimum Gasteiger partial charge on any atom is -0.396 e. The van der Waals surface area contributed by atoms with E-state index < -0.39 is 67.7 Å². The second-order valence-corrected chi connectivity index (χ2v) is 5.19. The van der Waals surface area contributed by atoms with Gasteiger partial charge in [-0.25, -0.2) is 0 Å². The Balaban J connectivity index is 4.86. The van der Waals surface area contributed by atoms with Crippen LogP contribution in [0, 0.1) is 5.92 Å². The minimum atomic E-state index is -1.37. The molecule has 0 aliphatic rings. The quantitative estimate of drug-likeness (QED) is 0.211. The number of amides is 3. The molecule has 0 aliphatic carbocycles. The summed E-state index contributed by atoms with van der Waals surface area (Å²) in [7, 11) is 0. The van der Waals surface area contributed by atoms with Crippen LogP contribution in [-0.4, -0.2) is 70.7 Å². The first-order chi connectivity index (χ1) is 11.2. The van der Waals surface area contributed by atoms with Gasteiger partial charge in [0.05, 0.1) is 25.7 Å². The van der Waals surface area contributed by atoms with Crippen LogP contribution in [0.1, 0.15) is 13.3 Å². The van der Waals surface area contributed by atoms with Crippen molar-refractivity contribution in [2.24, 2.45) is 11.7 Å². The van der Waals surface area contributed by atoms with Crippen LogP contribution < -0.4 is 16.4 Å². The number of ketones is 1. The third kappa shape index (κ3) is 6.86. The summed E-state index contributed by atoms with van der Waals surface area (Å²) < 4.78 is 0. The largest absolute Gasteiger partial charge is 0.396 e. The standard InChI is InChI=1S/C14H23N3O7/c1-7(2)13(23)17-10(6-20)14(24)16-9(5-19)11(21)3-8(4-18)12(15)22/h8-10,18-20H,1,3-6H2,2H3,(H2,15,22)(H,16,24)(H,17,23). The van der Waals surface area contributed by atoms with Crippen molar-refractivity contribution in [1.29, 1.82) is 0 Å². The van der Waals surface area contributed by atoms with Gasteiger partial charge in [0.2, 0.25) is 17.7 Å². The number of carbonyl (C=O) groups is 4. The predicted molar refractivity (Wildman–Crippen MR) is 82.2 cm³/mol. The second kappa shape index (κ2) is 10.5. The Bertz CT molecular complexity index is 507. The van der Waals surface area contributed by atoms with Gasteiger partial charge in [-0.15, -0.1) is 0 Å². The second-order valence-electron chi connectivity index (χ2n) is 5.19. The van der Waals surface area contributed by atoms with Gasteiger partial charge in [0, 0.05) is 12.0 Å². The molecule has 0 heterocycles. The van der Waals surface area contributed by atoms with Crippen LogP contribution >= 0.6 is 0 Å². The molecule has 10 heteroatoms. The molecule has 0 aromatic carbocycles. The lowest BCUT2D eigenvalue weighted by Crippen LogP contribution is -2.54. The van der Waals surface area contributed by atoms with E-state index in [1.807, 2.05) is 0 Å². The normalized spacial score (nSPS) is 14.2. The van der Waals surface area contributed by atoms with Crippen LogP contribution in [0.15, 0.2) is 12.2 Å². The average Bonchev–Trinajstić information content (AvgIpc) is 2.53. The third-order valence-electron chi connectivity index (χ3n) is 3.15. The molecule has 3 atom stereocenters. The van der Waals surface area contributed by atoms with Crippen LogP contribution in [-0.2, 0) is 19.2 Å². The van der Waals surface area contributed by atoms with Gasteiger partial charge in [-0.2, -0.15) is 0 Å². The van der Waals surface area contributed by atoms with Gasteiger partial charge >= 0.3 is 0 Å². The SMILES string of the molecule is C=C(C)C(=O)NC(CO)C(=O)NC(CO)C(=O)CC(CO)C(N)=O. The van der Waals surface area contributed by atoms with Crippen molar-refractivity contribution in [3.8, 4) is 0 Å². The smallest absolute Gasteiger partial charge is 0.247 e. The highest BCUT2D eigenvalue weighted by atomic mass is 16.3. The Hall–Kier alpha value is -2.30. The van der Waals surface area contributed by atoms with Gasteiger partial charge in [-0.3, -0.25) is 19.2 Å². The number of nitrogens with two attached hydrogens (primary N) is 1. The number of aliphatic hydroxyl groups is 3. The first-order valence-electron chi connectivity index (χ1n) is 7.09. The molecule has 136 valence electrons. The number of Topliss-reactive ketones (excluding diaryl/α,β-unsaturated/α-hetero) is 1. The fourth-order valence-electron chi connectivity index (χ4n) is 1.62. The van der Waals surface area contributed by atoms with Crippen molar-refractivity contribution in [1.82, 2.24) is 10.6 Å². The first kappa shape index (κ1) is 21.7. The molecule has 0 aliphatic heterocycles. The highest BCUT2D eigenvalue weighted by Gasteiger charge is 2.28. The van der Waals surface area contributed by atoms with Crippen molar-refractivity contribution in [3.05, 3.63) is 12.2 Å². The fourth-order valence-corrected chi connectivity index (χ4v) is 1.62. The number of hydrogen-bond donors (Lipinski definition) is 6. The summed E-state index contributed by atoms with van der Waals surface area (Å²) in [6.45, 7) is 2.62. The van der Waals surface area contributed by atoms with Crippen LogP contribution in [0.2, 0.25) is 0 Å². The third-order valence-corrected chi connectivity index (χ3v) is 3.15. The summed E-state index contributed by atoms with van der Waals surface area (Å²) in [4.78, 5) is 46.4. The molecule has 7 N–H and O–H groups in total. The van der Waals surface area contributed by atoms with Gasteiger partial charge in [0.15, 0.2) is 5.78 Å². The van der Waals surface area contributed by atoms with E-state index in [1.165, 1.54) is 6.92 Å². The monoisotopic (exact) mass is 345 g/mol. The molecule has 0 aromatic heterocycles. The molecule has 3 amide bonds. The number of hydrogen-bond acceptors (Lipinski definition) is 7. The zero-order chi connectivity index (χ0) is 18.9. The number of rotatable bonds is 11. The van der Waals surface area contributed by atoms with Gasteiger partial charge in [-0.05, 0) is 6.92 Å². The maximum absolute atomic E-state index is 12.0. The molecule has 0 spiro atoms. The zero-order valence-corrected chi connectivity index (χ0v) is 13.3. The van der Waals surface area contributed by atoms with Crippen LogP contribution in [0.25, 0.3) is 0 Å². The van der Waals surface area contributed by atoms with Crippen molar-refractivity contribution in [2.45, 2.75) is 25.4 Å². The van der Waals surface area contributed by atoms with E-state index in [1.54, 1.807) is 0 Å². The average molecular weight is 345 g/mol. The van der Waals surface area contributed by atoms with E-state index in [-0.39, 0.29) is 5.57 Å². The Morgan fingerprint density at radius 1 is 1.00 bits per heavy atom. The topological polar surface area (TPSA) is 179 Å². The summed E-state index contributed by atoms with van der Waals surface area (Å²) in [5.74, 6) is -4.33. The highest BCUT2D eigenvalue weighted by molar-refractivity contribution is 5.97. The number of primary amides is 1. The number of carbonyl (C=O) groups excluding carboxylic acids is 4.